The Bertz CT molecular complexity index is 1190. The lowest BCUT2D eigenvalue weighted by molar-refractivity contribution is 0.0709. The van der Waals surface area contributed by atoms with E-state index in [0.717, 1.165) is 36.4 Å². The van der Waals surface area contributed by atoms with Gasteiger partial charge in [-0.05, 0) is 44.2 Å². The van der Waals surface area contributed by atoms with Gasteiger partial charge in [-0.1, -0.05) is 65.8 Å². The lowest BCUT2D eigenvalue weighted by Crippen LogP contribution is -2.42. The molecule has 35 heavy (non-hydrogen) atoms. The van der Waals surface area contributed by atoms with E-state index in [-0.39, 0.29) is 23.4 Å². The van der Waals surface area contributed by atoms with Gasteiger partial charge in [-0.15, -0.1) is 0 Å². The topological polar surface area (TPSA) is 71.8 Å². The third-order valence-corrected chi connectivity index (χ3v) is 7.22. The number of hydrogen-bond acceptors (Lipinski definition) is 5. The third kappa shape index (κ3) is 4.55. The number of carbonyl (C=O) groups is 1. The number of fused-ring (bicyclic) bond motifs is 1. The number of amides is 1. The van der Waals surface area contributed by atoms with Gasteiger partial charge in [0.2, 0.25) is 0 Å². The number of benzene rings is 2. The number of nitrogens with one attached hydrogen (secondary N) is 1. The van der Waals surface area contributed by atoms with E-state index in [2.05, 4.69) is 65.8 Å². The zero-order valence-electron chi connectivity index (χ0n) is 20.6. The Morgan fingerprint density at radius 3 is 2.37 bits per heavy atom. The number of piperidine rings is 1. The lowest BCUT2D eigenvalue weighted by Gasteiger charge is -2.39. The Morgan fingerprint density at radius 1 is 1.06 bits per heavy atom. The molecule has 1 unspecified atom stereocenters. The number of aromatic nitrogens is 2. The maximum atomic E-state index is 13.6. The predicted octanol–water partition coefficient (Wildman–Crippen LogP) is 5.08. The quantitative estimate of drug-likeness (QED) is 0.416. The highest BCUT2D eigenvalue weighted by atomic mass is 16.6. The van der Waals surface area contributed by atoms with Crippen LogP contribution in [0, 0.1) is 5.92 Å². The Balaban J connectivity index is 1.33. The Morgan fingerprint density at radius 2 is 1.71 bits per heavy atom. The van der Waals surface area contributed by atoms with E-state index < -0.39 is 0 Å². The largest absolute Gasteiger partial charge is 0.399 e. The second-order valence-electron chi connectivity index (χ2n) is 10.0. The van der Waals surface area contributed by atoms with Gasteiger partial charge < -0.3 is 15.1 Å². The van der Waals surface area contributed by atoms with Crippen molar-refractivity contribution in [2.24, 2.45) is 11.1 Å². The van der Waals surface area contributed by atoms with Crippen LogP contribution >= 0.6 is 0 Å². The first kappa shape index (κ1) is 23.1. The zero-order valence-corrected chi connectivity index (χ0v) is 20.6. The van der Waals surface area contributed by atoms with Gasteiger partial charge in [0.25, 0.3) is 5.91 Å². The summed E-state index contributed by atoms with van der Waals surface area (Å²) < 4.78 is 1.98. The highest BCUT2D eigenvalue weighted by molar-refractivity contribution is 6.02. The van der Waals surface area contributed by atoms with Crippen molar-refractivity contribution in [2.75, 3.05) is 25.5 Å². The molecular weight excluding hydrogens is 438 g/mol. The summed E-state index contributed by atoms with van der Waals surface area (Å²) in [6.07, 6.45) is 4.31. The molecule has 1 atom stereocenters. The van der Waals surface area contributed by atoms with Gasteiger partial charge in [-0.3, -0.25) is 4.79 Å². The van der Waals surface area contributed by atoms with E-state index in [1.54, 1.807) is 13.3 Å². The third-order valence-electron chi connectivity index (χ3n) is 7.22. The number of carbonyl (C=O) groups excluding carboxylic acids is 1. The maximum absolute atomic E-state index is 13.6. The van der Waals surface area contributed by atoms with E-state index in [1.165, 1.54) is 5.56 Å². The summed E-state index contributed by atoms with van der Waals surface area (Å²) in [5.41, 5.74) is 3.69. The minimum Gasteiger partial charge on any atom is -0.399 e. The molecule has 7 heteroatoms. The molecular formula is C28H33N5O2. The van der Waals surface area contributed by atoms with Crippen LogP contribution in [0.5, 0.6) is 0 Å². The van der Waals surface area contributed by atoms with Crippen LogP contribution in [0.15, 0.2) is 72.0 Å². The van der Waals surface area contributed by atoms with Crippen molar-refractivity contribution in [2.45, 2.75) is 44.7 Å². The van der Waals surface area contributed by atoms with Crippen LogP contribution in [0.1, 0.15) is 60.6 Å². The molecule has 5 rings (SSSR count). The summed E-state index contributed by atoms with van der Waals surface area (Å²) in [5, 5.41) is 12.6. The molecule has 2 aromatic carbocycles. The maximum Gasteiger partial charge on any atom is 0.259 e. The van der Waals surface area contributed by atoms with Crippen molar-refractivity contribution in [1.29, 1.82) is 0 Å². The summed E-state index contributed by atoms with van der Waals surface area (Å²) in [6.45, 7) is 5.71. The fraction of sp³-hybridized carbons (Fsp3) is 0.393. The summed E-state index contributed by atoms with van der Waals surface area (Å²) in [6, 6.07) is 20.7. The number of likely N-dealkylation sites (tertiary alicyclic amines) is 1. The molecule has 182 valence electrons. The molecule has 0 aliphatic carbocycles. The molecule has 2 aliphatic rings. The van der Waals surface area contributed by atoms with E-state index in [0.29, 0.717) is 18.7 Å². The first-order valence-electron chi connectivity index (χ1n) is 12.3. The van der Waals surface area contributed by atoms with Crippen molar-refractivity contribution >= 4 is 17.4 Å². The van der Waals surface area contributed by atoms with Gasteiger partial charge in [-0.2, -0.15) is 5.10 Å². The molecule has 0 radical (unpaired) electrons. The molecule has 1 saturated heterocycles. The molecule has 1 fully saturated rings. The van der Waals surface area contributed by atoms with Gasteiger partial charge in [-0.25, -0.2) is 4.68 Å². The normalized spacial score (nSPS) is 20.1. The molecule has 0 saturated carbocycles. The molecule has 1 amide bonds. The second kappa shape index (κ2) is 9.56. The SMILES string of the molecule is CON=C(c1ccccc1)C1CCN(C(=O)c2cnn3c2NC(c2ccccc2)CC3(C)C)CC1. The van der Waals surface area contributed by atoms with Gasteiger partial charge >= 0.3 is 0 Å². The number of anilines is 1. The summed E-state index contributed by atoms with van der Waals surface area (Å²) in [5.74, 6) is 1.10. The van der Waals surface area contributed by atoms with Crippen molar-refractivity contribution in [3.05, 3.63) is 83.6 Å². The molecule has 7 nitrogen and oxygen atoms in total. The molecule has 3 heterocycles. The Kier molecular flexibility index (Phi) is 6.32. The fourth-order valence-electron chi connectivity index (χ4n) is 5.39. The first-order valence-corrected chi connectivity index (χ1v) is 12.3. The second-order valence-corrected chi connectivity index (χ2v) is 10.0. The van der Waals surface area contributed by atoms with Crippen molar-refractivity contribution < 1.29 is 9.63 Å². The smallest absolute Gasteiger partial charge is 0.259 e. The molecule has 0 bridgehead atoms. The van der Waals surface area contributed by atoms with E-state index in [1.807, 2.05) is 33.8 Å². The summed E-state index contributed by atoms with van der Waals surface area (Å²) >= 11 is 0. The van der Waals surface area contributed by atoms with Gasteiger partial charge in [0.15, 0.2) is 0 Å². The van der Waals surface area contributed by atoms with Crippen molar-refractivity contribution in [3.63, 3.8) is 0 Å². The van der Waals surface area contributed by atoms with Gasteiger partial charge in [0.1, 0.15) is 18.5 Å². The summed E-state index contributed by atoms with van der Waals surface area (Å²) in [4.78, 5) is 20.7. The predicted molar refractivity (Wildman–Crippen MR) is 138 cm³/mol. The molecule has 1 N–H and O–H groups in total. The number of hydrogen-bond donors (Lipinski definition) is 1. The van der Waals surface area contributed by atoms with Crippen LogP contribution in [0.25, 0.3) is 0 Å². The van der Waals surface area contributed by atoms with Crippen LogP contribution in [0.4, 0.5) is 5.82 Å². The van der Waals surface area contributed by atoms with Crippen LogP contribution in [-0.2, 0) is 10.4 Å². The van der Waals surface area contributed by atoms with Crippen LogP contribution in [0.2, 0.25) is 0 Å². The van der Waals surface area contributed by atoms with E-state index in [4.69, 9.17) is 4.84 Å². The fourth-order valence-corrected chi connectivity index (χ4v) is 5.39. The first-order chi connectivity index (χ1) is 17.0. The van der Waals surface area contributed by atoms with Gasteiger partial charge in [0, 0.05) is 19.0 Å². The standard InChI is InChI=1S/C28H33N5O2/c1-28(2)18-24(20-10-6-4-7-11-20)30-26-23(19-29-33(26)28)27(34)32-16-14-22(15-17-32)25(31-35-3)21-12-8-5-9-13-21/h4-13,19,22,24,30H,14-18H2,1-3H3. The summed E-state index contributed by atoms with van der Waals surface area (Å²) in [7, 11) is 1.59. The zero-order chi connectivity index (χ0) is 24.4. The van der Waals surface area contributed by atoms with Crippen LogP contribution in [0.3, 0.4) is 0 Å². The monoisotopic (exact) mass is 471 g/mol. The van der Waals surface area contributed by atoms with Crippen LogP contribution < -0.4 is 5.32 Å². The number of nitrogens with zero attached hydrogens (tertiary/aromatic N) is 4. The minimum atomic E-state index is -0.201. The number of oxime groups is 1. The minimum absolute atomic E-state index is 0.0339. The molecule has 1 aromatic heterocycles. The molecule has 3 aromatic rings. The Labute approximate surface area is 206 Å². The highest BCUT2D eigenvalue weighted by Crippen LogP contribution is 2.40. The average Bonchev–Trinajstić information content (AvgIpc) is 3.33. The number of rotatable bonds is 5. The van der Waals surface area contributed by atoms with E-state index in [9.17, 15) is 4.79 Å². The van der Waals surface area contributed by atoms with Gasteiger partial charge in [0.05, 0.1) is 23.5 Å². The average molecular weight is 472 g/mol. The Hall–Kier alpha value is -3.61. The van der Waals surface area contributed by atoms with E-state index >= 15 is 0 Å². The highest BCUT2D eigenvalue weighted by Gasteiger charge is 2.38. The van der Waals surface area contributed by atoms with Crippen molar-refractivity contribution in [3.8, 4) is 0 Å². The van der Waals surface area contributed by atoms with Crippen molar-refractivity contribution in [1.82, 2.24) is 14.7 Å². The van der Waals surface area contributed by atoms with Crippen LogP contribution in [-0.4, -0.2) is 46.5 Å². The molecule has 0 spiro atoms. The lowest BCUT2D eigenvalue weighted by atomic mass is 9.87. The molecule has 2 aliphatic heterocycles.